The summed E-state index contributed by atoms with van der Waals surface area (Å²) in [5.74, 6) is -0.302. The molecule has 0 spiro atoms. The molecule has 3 nitrogen and oxygen atoms in total. The van der Waals surface area contributed by atoms with Gasteiger partial charge >= 0.3 is 5.97 Å². The average molecular weight is 269 g/mol. The molecule has 0 aliphatic rings. The van der Waals surface area contributed by atoms with Crippen LogP contribution in [0.2, 0.25) is 5.02 Å². The van der Waals surface area contributed by atoms with Gasteiger partial charge in [-0.25, -0.2) is 4.79 Å². The van der Waals surface area contributed by atoms with Crippen molar-refractivity contribution >= 4 is 17.6 Å². The Kier molecular flexibility index (Phi) is 6.47. The van der Waals surface area contributed by atoms with Gasteiger partial charge in [-0.15, -0.1) is 0 Å². The highest BCUT2D eigenvalue weighted by molar-refractivity contribution is 6.30. The normalized spacial score (nSPS) is 11.4. The number of ether oxygens (including phenoxy) is 2. The van der Waals surface area contributed by atoms with Crippen LogP contribution in [-0.4, -0.2) is 19.7 Å². The first-order valence-electron chi connectivity index (χ1n) is 5.77. The zero-order valence-corrected chi connectivity index (χ0v) is 11.4. The summed E-state index contributed by atoms with van der Waals surface area (Å²) in [7, 11) is 1.37. The molecule has 0 saturated carbocycles. The van der Waals surface area contributed by atoms with Gasteiger partial charge in [0.2, 0.25) is 0 Å². The lowest BCUT2D eigenvalue weighted by molar-refractivity contribution is -0.136. The van der Waals surface area contributed by atoms with Gasteiger partial charge in [0.05, 0.1) is 20.3 Å². The van der Waals surface area contributed by atoms with E-state index in [1.807, 2.05) is 31.2 Å². The third kappa shape index (κ3) is 4.90. The molecule has 0 heterocycles. The number of methoxy groups -OCH3 is 1. The van der Waals surface area contributed by atoms with E-state index in [2.05, 4.69) is 4.74 Å². The zero-order chi connectivity index (χ0) is 13.4. The molecule has 0 aromatic heterocycles. The molecule has 1 aromatic rings. The number of benzene rings is 1. The molecule has 0 atom stereocenters. The second-order valence-electron chi connectivity index (χ2n) is 3.72. The van der Waals surface area contributed by atoms with E-state index in [9.17, 15) is 4.79 Å². The SMILES string of the molecule is CCC(=CCOCc1cccc(Cl)c1)C(=O)OC. The Labute approximate surface area is 112 Å². The van der Waals surface area contributed by atoms with Crippen molar-refractivity contribution in [3.63, 3.8) is 0 Å². The fourth-order valence-corrected chi connectivity index (χ4v) is 1.68. The average Bonchev–Trinajstić information content (AvgIpc) is 2.38. The van der Waals surface area contributed by atoms with E-state index in [4.69, 9.17) is 16.3 Å². The van der Waals surface area contributed by atoms with Crippen LogP contribution in [0, 0.1) is 0 Å². The van der Waals surface area contributed by atoms with Gasteiger partial charge in [-0.3, -0.25) is 0 Å². The van der Waals surface area contributed by atoms with Crippen molar-refractivity contribution in [3.8, 4) is 0 Å². The first-order chi connectivity index (χ1) is 8.67. The number of hydrogen-bond acceptors (Lipinski definition) is 3. The molecular formula is C14H17ClO3. The molecule has 1 aromatic carbocycles. The molecule has 4 heteroatoms. The smallest absolute Gasteiger partial charge is 0.333 e. The second-order valence-corrected chi connectivity index (χ2v) is 4.16. The van der Waals surface area contributed by atoms with E-state index in [0.717, 1.165) is 5.56 Å². The van der Waals surface area contributed by atoms with Gasteiger partial charge in [-0.1, -0.05) is 30.7 Å². The van der Waals surface area contributed by atoms with Crippen molar-refractivity contribution in [3.05, 3.63) is 46.5 Å². The summed E-state index contributed by atoms with van der Waals surface area (Å²) >= 11 is 5.86. The molecule has 0 N–H and O–H groups in total. The van der Waals surface area contributed by atoms with Crippen molar-refractivity contribution in [2.24, 2.45) is 0 Å². The van der Waals surface area contributed by atoms with Crippen LogP contribution >= 0.6 is 11.6 Å². The van der Waals surface area contributed by atoms with Crippen LogP contribution in [0.1, 0.15) is 18.9 Å². The molecule has 98 valence electrons. The van der Waals surface area contributed by atoms with Gasteiger partial charge in [0.25, 0.3) is 0 Å². The Morgan fingerprint density at radius 1 is 1.44 bits per heavy atom. The number of carbonyl (C=O) groups is 1. The largest absolute Gasteiger partial charge is 0.466 e. The summed E-state index contributed by atoms with van der Waals surface area (Å²) in [5, 5.41) is 0.690. The van der Waals surface area contributed by atoms with Crippen LogP contribution < -0.4 is 0 Å². The van der Waals surface area contributed by atoms with E-state index < -0.39 is 0 Å². The molecule has 0 radical (unpaired) electrons. The molecule has 1 rings (SSSR count). The van der Waals surface area contributed by atoms with E-state index in [0.29, 0.717) is 30.2 Å². The van der Waals surface area contributed by atoms with Crippen molar-refractivity contribution < 1.29 is 14.3 Å². The first kappa shape index (κ1) is 14.7. The molecule has 0 amide bonds. The van der Waals surface area contributed by atoms with Crippen LogP contribution in [0.5, 0.6) is 0 Å². The number of halogens is 1. The monoisotopic (exact) mass is 268 g/mol. The van der Waals surface area contributed by atoms with Crippen molar-refractivity contribution in [2.75, 3.05) is 13.7 Å². The summed E-state index contributed by atoms with van der Waals surface area (Å²) in [6.45, 7) is 2.75. The third-order valence-electron chi connectivity index (χ3n) is 2.43. The number of esters is 1. The maximum Gasteiger partial charge on any atom is 0.333 e. The van der Waals surface area contributed by atoms with Gasteiger partial charge < -0.3 is 9.47 Å². The Morgan fingerprint density at radius 2 is 2.22 bits per heavy atom. The molecule has 0 saturated heterocycles. The Bertz CT molecular complexity index is 427. The van der Waals surface area contributed by atoms with E-state index in [1.165, 1.54) is 7.11 Å². The fourth-order valence-electron chi connectivity index (χ4n) is 1.47. The molecule has 0 aliphatic carbocycles. The zero-order valence-electron chi connectivity index (χ0n) is 10.6. The molecule has 0 unspecified atom stereocenters. The summed E-state index contributed by atoms with van der Waals surface area (Å²) in [6, 6.07) is 7.49. The van der Waals surface area contributed by atoms with Crippen molar-refractivity contribution in [2.45, 2.75) is 20.0 Å². The lowest BCUT2D eigenvalue weighted by Crippen LogP contribution is -2.05. The Morgan fingerprint density at radius 3 is 2.83 bits per heavy atom. The molecule has 0 aliphatic heterocycles. The van der Waals surface area contributed by atoms with Crippen LogP contribution in [0.25, 0.3) is 0 Å². The third-order valence-corrected chi connectivity index (χ3v) is 2.67. The number of rotatable bonds is 6. The van der Waals surface area contributed by atoms with Gasteiger partial charge in [-0.2, -0.15) is 0 Å². The van der Waals surface area contributed by atoms with Crippen molar-refractivity contribution in [1.29, 1.82) is 0 Å². The van der Waals surface area contributed by atoms with Crippen LogP contribution in [0.4, 0.5) is 0 Å². The summed E-state index contributed by atoms with van der Waals surface area (Å²) in [4.78, 5) is 11.3. The lowest BCUT2D eigenvalue weighted by atomic mass is 10.2. The maximum atomic E-state index is 11.3. The highest BCUT2D eigenvalue weighted by Gasteiger charge is 2.05. The van der Waals surface area contributed by atoms with Gasteiger partial charge in [0.1, 0.15) is 0 Å². The predicted octanol–water partition coefficient (Wildman–Crippen LogP) is 3.37. The van der Waals surface area contributed by atoms with Crippen LogP contribution in [-0.2, 0) is 20.9 Å². The van der Waals surface area contributed by atoms with E-state index in [1.54, 1.807) is 6.08 Å². The molecule has 0 fully saturated rings. The topological polar surface area (TPSA) is 35.5 Å². The minimum absolute atomic E-state index is 0.302. The minimum atomic E-state index is -0.302. The fraction of sp³-hybridized carbons (Fsp3) is 0.357. The van der Waals surface area contributed by atoms with Gasteiger partial charge in [-0.05, 0) is 30.2 Å². The second kappa shape index (κ2) is 7.90. The Hall–Kier alpha value is -1.32. The van der Waals surface area contributed by atoms with Gasteiger partial charge in [0, 0.05) is 10.6 Å². The highest BCUT2D eigenvalue weighted by atomic mass is 35.5. The van der Waals surface area contributed by atoms with E-state index >= 15 is 0 Å². The Balaban J connectivity index is 2.42. The number of hydrogen-bond donors (Lipinski definition) is 0. The lowest BCUT2D eigenvalue weighted by Gasteiger charge is -2.04. The molecule has 0 bridgehead atoms. The maximum absolute atomic E-state index is 11.3. The van der Waals surface area contributed by atoms with Crippen LogP contribution in [0.15, 0.2) is 35.9 Å². The van der Waals surface area contributed by atoms with Crippen LogP contribution in [0.3, 0.4) is 0 Å². The molecule has 18 heavy (non-hydrogen) atoms. The van der Waals surface area contributed by atoms with Crippen molar-refractivity contribution in [1.82, 2.24) is 0 Å². The molecular weight excluding hydrogens is 252 g/mol. The standard InChI is InChI=1S/C14H17ClO3/c1-3-12(14(16)17-2)7-8-18-10-11-5-4-6-13(15)9-11/h4-7,9H,3,8,10H2,1-2H3. The van der Waals surface area contributed by atoms with Gasteiger partial charge in [0.15, 0.2) is 0 Å². The summed E-state index contributed by atoms with van der Waals surface area (Å²) < 4.78 is 10.1. The minimum Gasteiger partial charge on any atom is -0.466 e. The first-order valence-corrected chi connectivity index (χ1v) is 6.14. The van der Waals surface area contributed by atoms with E-state index in [-0.39, 0.29) is 5.97 Å². The summed E-state index contributed by atoms with van der Waals surface area (Å²) in [5.41, 5.74) is 1.63. The summed E-state index contributed by atoms with van der Waals surface area (Å²) in [6.07, 6.45) is 2.38. The highest BCUT2D eigenvalue weighted by Crippen LogP contribution is 2.11. The predicted molar refractivity (Wildman–Crippen MR) is 71.5 cm³/mol. The number of carbonyl (C=O) groups excluding carboxylic acids is 1. The quantitative estimate of drug-likeness (QED) is 0.451.